The zero-order valence-electron chi connectivity index (χ0n) is 26.2. The number of amides is 1. The van der Waals surface area contributed by atoms with Gasteiger partial charge in [0.1, 0.15) is 5.75 Å². The Morgan fingerprint density at radius 2 is 1.34 bits per heavy atom. The number of carbonyl (C=O) groups excluding carboxylic acids is 2. The van der Waals surface area contributed by atoms with Crippen molar-refractivity contribution in [1.82, 2.24) is 5.32 Å². The highest BCUT2D eigenvalue weighted by atomic mass is 16.5. The molecule has 2 N–H and O–H groups in total. The normalized spacial score (nSPS) is 11.8. The average molecular weight is 566 g/mol. The van der Waals surface area contributed by atoms with Crippen LogP contribution in [0.3, 0.4) is 0 Å². The maximum atomic E-state index is 12.8. The largest absolute Gasteiger partial charge is 0.493 e. The molecule has 2 aromatic rings. The van der Waals surface area contributed by atoms with Crippen molar-refractivity contribution < 1.29 is 24.2 Å². The molecule has 0 spiro atoms. The van der Waals surface area contributed by atoms with Crippen LogP contribution in [0.5, 0.6) is 5.75 Å². The minimum Gasteiger partial charge on any atom is -0.493 e. The number of aliphatic carboxylic acids is 1. The molecular formula is C35H51NO5. The second-order valence-corrected chi connectivity index (χ2v) is 11.5. The lowest BCUT2D eigenvalue weighted by Gasteiger charge is -2.15. The van der Waals surface area contributed by atoms with Crippen molar-refractivity contribution in [2.24, 2.45) is 5.92 Å². The zero-order chi connectivity index (χ0) is 30.4. The van der Waals surface area contributed by atoms with Gasteiger partial charge in [0.15, 0.2) is 5.78 Å². The van der Waals surface area contributed by atoms with Crippen LogP contribution in [-0.2, 0) is 4.79 Å². The summed E-state index contributed by atoms with van der Waals surface area (Å²) < 4.78 is 6.05. The lowest BCUT2D eigenvalue weighted by molar-refractivity contribution is -0.141. The number of hydrogen-bond donors (Lipinski definition) is 2. The Labute approximate surface area is 247 Å². The smallest absolute Gasteiger partial charge is 0.306 e. The summed E-state index contributed by atoms with van der Waals surface area (Å²) in [5, 5.41) is 12.6. The van der Waals surface area contributed by atoms with E-state index in [0.717, 1.165) is 46.4 Å². The monoisotopic (exact) mass is 565 g/mol. The van der Waals surface area contributed by atoms with Gasteiger partial charge in [0.2, 0.25) is 0 Å². The van der Waals surface area contributed by atoms with E-state index < -0.39 is 11.9 Å². The van der Waals surface area contributed by atoms with E-state index in [-0.39, 0.29) is 18.1 Å². The molecular weight excluding hydrogens is 514 g/mol. The van der Waals surface area contributed by atoms with Gasteiger partial charge in [0.05, 0.1) is 12.5 Å². The molecule has 1 amide bonds. The van der Waals surface area contributed by atoms with Gasteiger partial charge in [-0.2, -0.15) is 0 Å². The van der Waals surface area contributed by atoms with E-state index in [0.29, 0.717) is 43.5 Å². The Balaban J connectivity index is 1.80. The molecule has 2 rings (SSSR count). The van der Waals surface area contributed by atoms with Crippen LogP contribution in [0.2, 0.25) is 0 Å². The molecule has 0 aliphatic rings. The number of aryl methyl sites for hydroxylation is 3. The van der Waals surface area contributed by atoms with Crippen LogP contribution < -0.4 is 10.1 Å². The second kappa shape index (κ2) is 17.6. The molecule has 0 aliphatic carbocycles. The molecule has 41 heavy (non-hydrogen) atoms. The van der Waals surface area contributed by atoms with Crippen LogP contribution in [-0.4, -0.2) is 35.9 Å². The quantitative estimate of drug-likeness (QED) is 0.132. The first-order chi connectivity index (χ1) is 19.5. The van der Waals surface area contributed by atoms with Crippen molar-refractivity contribution in [3.63, 3.8) is 0 Å². The number of carbonyl (C=O) groups is 3. The van der Waals surface area contributed by atoms with E-state index in [1.54, 1.807) is 0 Å². The Morgan fingerprint density at radius 1 is 0.756 bits per heavy atom. The molecule has 0 heterocycles. The Kier molecular flexibility index (Phi) is 14.6. The van der Waals surface area contributed by atoms with Gasteiger partial charge in [-0.15, -0.1) is 0 Å². The van der Waals surface area contributed by atoms with Crippen molar-refractivity contribution >= 4 is 17.7 Å². The highest BCUT2D eigenvalue weighted by molar-refractivity contribution is 5.98. The molecule has 0 aliphatic heterocycles. The van der Waals surface area contributed by atoms with E-state index in [2.05, 4.69) is 12.2 Å². The van der Waals surface area contributed by atoms with Gasteiger partial charge in [0.25, 0.3) is 5.91 Å². The van der Waals surface area contributed by atoms with Crippen LogP contribution in [0.4, 0.5) is 0 Å². The summed E-state index contributed by atoms with van der Waals surface area (Å²) in [5.74, 6) is -1.24. The van der Waals surface area contributed by atoms with Gasteiger partial charge in [-0.05, 0) is 106 Å². The molecule has 0 radical (unpaired) electrons. The van der Waals surface area contributed by atoms with E-state index in [9.17, 15) is 19.5 Å². The van der Waals surface area contributed by atoms with Crippen LogP contribution in [0.15, 0.2) is 24.3 Å². The highest BCUT2D eigenvalue weighted by Gasteiger charge is 2.22. The summed E-state index contributed by atoms with van der Waals surface area (Å²) >= 11 is 0. The molecule has 6 heteroatoms. The van der Waals surface area contributed by atoms with Gasteiger partial charge >= 0.3 is 5.97 Å². The third-order valence-electron chi connectivity index (χ3n) is 8.18. The number of hydrogen-bond acceptors (Lipinski definition) is 4. The molecule has 1 atom stereocenters. The zero-order valence-corrected chi connectivity index (χ0v) is 26.2. The summed E-state index contributed by atoms with van der Waals surface area (Å²) in [4.78, 5) is 37.5. The van der Waals surface area contributed by atoms with Crippen LogP contribution in [0.25, 0.3) is 0 Å². The fourth-order valence-electron chi connectivity index (χ4n) is 5.02. The predicted octanol–water partition coefficient (Wildman–Crippen LogP) is 8.23. The van der Waals surface area contributed by atoms with Crippen molar-refractivity contribution in [3.8, 4) is 5.75 Å². The fraction of sp³-hybridized carbons (Fsp3) is 0.571. The van der Waals surface area contributed by atoms with Gasteiger partial charge in [0, 0.05) is 24.1 Å². The summed E-state index contributed by atoms with van der Waals surface area (Å²) in [6, 6.07) is 7.39. The topological polar surface area (TPSA) is 92.7 Å². The number of ketones is 1. The first kappa shape index (κ1) is 34.1. The number of unbranched alkanes of at least 4 members (excludes halogenated alkanes) is 7. The van der Waals surface area contributed by atoms with E-state index in [4.69, 9.17) is 4.74 Å². The van der Waals surface area contributed by atoms with E-state index in [1.807, 2.05) is 58.9 Å². The molecule has 0 fully saturated rings. The van der Waals surface area contributed by atoms with Crippen molar-refractivity contribution in [2.45, 2.75) is 112 Å². The highest BCUT2D eigenvalue weighted by Crippen LogP contribution is 2.25. The van der Waals surface area contributed by atoms with Gasteiger partial charge < -0.3 is 15.2 Å². The minimum absolute atomic E-state index is 0.0199. The van der Waals surface area contributed by atoms with Crippen LogP contribution in [0.1, 0.15) is 126 Å². The number of benzene rings is 2. The average Bonchev–Trinajstić information content (AvgIpc) is 2.93. The first-order valence-corrected chi connectivity index (χ1v) is 15.4. The molecule has 1 unspecified atom stereocenters. The molecule has 6 nitrogen and oxygen atoms in total. The maximum absolute atomic E-state index is 12.8. The number of nitrogens with one attached hydrogen (secondary N) is 1. The van der Waals surface area contributed by atoms with Crippen molar-refractivity contribution in [2.75, 3.05) is 13.2 Å². The van der Waals surface area contributed by atoms with Gasteiger partial charge in [-0.1, -0.05) is 51.9 Å². The number of carboxylic acid groups (broad SMARTS) is 1. The maximum Gasteiger partial charge on any atom is 0.306 e. The fourth-order valence-corrected chi connectivity index (χ4v) is 5.02. The van der Waals surface area contributed by atoms with E-state index >= 15 is 0 Å². The number of carboxylic acids is 1. The summed E-state index contributed by atoms with van der Waals surface area (Å²) in [5.41, 5.74) is 6.42. The number of rotatable bonds is 19. The molecule has 0 bridgehead atoms. The molecule has 226 valence electrons. The standard InChI is InChI=1S/C35H51NO5/c1-7-8-9-10-11-12-15-18-41-33-23-31(21-26(4)28(33)6)34(38)36-17-14-13-16-29(35(39)40)22-32(37)30-19-24(2)27(5)25(3)20-30/h19-21,23,29H,7-18,22H2,1-6H3,(H,36,38)(H,39,40). The van der Waals surface area contributed by atoms with E-state index in [1.165, 1.54) is 32.1 Å². The molecule has 0 saturated heterocycles. The lowest BCUT2D eigenvalue weighted by atomic mass is 9.91. The molecule has 0 aromatic heterocycles. The number of ether oxygens (including phenoxy) is 1. The van der Waals surface area contributed by atoms with Crippen molar-refractivity contribution in [1.29, 1.82) is 0 Å². The summed E-state index contributed by atoms with van der Waals surface area (Å²) in [6.45, 7) is 13.3. The minimum atomic E-state index is -0.956. The summed E-state index contributed by atoms with van der Waals surface area (Å²) in [7, 11) is 0. The first-order valence-electron chi connectivity index (χ1n) is 15.4. The van der Waals surface area contributed by atoms with Crippen LogP contribution >= 0.6 is 0 Å². The third-order valence-corrected chi connectivity index (χ3v) is 8.18. The van der Waals surface area contributed by atoms with Crippen molar-refractivity contribution in [3.05, 3.63) is 63.2 Å². The predicted molar refractivity (Wildman–Crippen MR) is 166 cm³/mol. The second-order valence-electron chi connectivity index (χ2n) is 11.5. The van der Waals surface area contributed by atoms with Crippen LogP contribution in [0, 0.1) is 40.5 Å². The molecule has 0 saturated carbocycles. The number of Topliss-reactive ketones (excluding diaryl/α,β-unsaturated/α-hetero) is 1. The Hall–Kier alpha value is -3.15. The molecule has 2 aromatic carbocycles. The SMILES string of the molecule is CCCCCCCCCOc1cc(C(=O)NCCCCC(CC(=O)c2cc(C)c(C)c(C)c2)C(=O)O)cc(C)c1C. The lowest BCUT2D eigenvalue weighted by Crippen LogP contribution is -2.25. The Bertz CT molecular complexity index is 1150. The Morgan fingerprint density at radius 3 is 1.98 bits per heavy atom. The van der Waals surface area contributed by atoms with Gasteiger partial charge in [-0.25, -0.2) is 0 Å². The third kappa shape index (κ3) is 11.3. The van der Waals surface area contributed by atoms with Gasteiger partial charge in [-0.3, -0.25) is 14.4 Å². The summed E-state index contributed by atoms with van der Waals surface area (Å²) in [6.07, 6.45) is 10.2.